The van der Waals surface area contributed by atoms with Crippen LogP contribution < -0.4 is 5.32 Å². The molecule has 9 heteroatoms. The van der Waals surface area contributed by atoms with Crippen LogP contribution in [0.25, 0.3) is 11.5 Å². The molecular weight excluding hydrogens is 375 g/mol. The number of ether oxygens (including phenoxy) is 1. The number of benzene rings is 2. The Kier molecular flexibility index (Phi) is 4.56. The zero-order chi connectivity index (χ0) is 19.8. The van der Waals surface area contributed by atoms with Crippen LogP contribution in [0, 0.1) is 0 Å². The topological polar surface area (TPSA) is 80.4 Å². The molecule has 6 nitrogen and oxygen atoms in total. The van der Waals surface area contributed by atoms with Crippen LogP contribution in [-0.4, -0.2) is 28.5 Å². The number of anilines is 2. The van der Waals surface area contributed by atoms with Crippen LogP contribution >= 0.6 is 0 Å². The lowest BCUT2D eigenvalue weighted by molar-refractivity contribution is -0.137. The van der Waals surface area contributed by atoms with Gasteiger partial charge in [-0.3, -0.25) is 0 Å². The molecule has 1 aromatic heterocycles. The van der Waals surface area contributed by atoms with Gasteiger partial charge in [0, 0.05) is 12.1 Å². The number of halogens is 3. The highest BCUT2D eigenvalue weighted by Crippen LogP contribution is 2.35. The van der Waals surface area contributed by atoms with E-state index in [0.717, 1.165) is 12.1 Å². The molecule has 1 unspecified atom stereocenters. The number of hydrogen-bond acceptors (Lipinski definition) is 6. The molecule has 146 valence electrons. The van der Waals surface area contributed by atoms with Crippen LogP contribution in [0.3, 0.4) is 0 Å². The van der Waals surface area contributed by atoms with Crippen molar-refractivity contribution in [1.82, 2.24) is 10.2 Å². The van der Waals surface area contributed by atoms with E-state index in [0.29, 0.717) is 30.0 Å². The number of para-hydroxylation sites is 1. The first-order chi connectivity index (χ1) is 13.4. The summed E-state index contributed by atoms with van der Waals surface area (Å²) in [4.78, 5) is 0. The molecule has 1 aliphatic heterocycles. The van der Waals surface area contributed by atoms with Gasteiger partial charge in [-0.2, -0.15) is 13.2 Å². The minimum atomic E-state index is -4.39. The Hall–Kier alpha value is -2.91. The first-order valence-electron chi connectivity index (χ1n) is 8.53. The number of alkyl halides is 3. The summed E-state index contributed by atoms with van der Waals surface area (Å²) >= 11 is 0. The van der Waals surface area contributed by atoms with E-state index in [-0.39, 0.29) is 18.4 Å². The van der Waals surface area contributed by atoms with Crippen LogP contribution in [0.1, 0.15) is 17.9 Å². The lowest BCUT2D eigenvalue weighted by Gasteiger charge is -2.14. The third-order valence-corrected chi connectivity index (χ3v) is 4.47. The van der Waals surface area contributed by atoms with Crippen LogP contribution in [-0.2, 0) is 16.5 Å². The molecule has 0 bridgehead atoms. The molecule has 2 N–H and O–H groups in total. The molecule has 3 aromatic rings. The van der Waals surface area contributed by atoms with Crippen LogP contribution in [0.4, 0.5) is 24.5 Å². The highest BCUT2D eigenvalue weighted by Gasteiger charge is 2.40. The van der Waals surface area contributed by atoms with Gasteiger partial charge in [-0.05, 0) is 36.4 Å². The number of aliphatic hydroxyl groups is 1. The third-order valence-electron chi connectivity index (χ3n) is 4.47. The lowest BCUT2D eigenvalue weighted by atomic mass is 10.0. The Morgan fingerprint density at radius 1 is 1.04 bits per heavy atom. The highest BCUT2D eigenvalue weighted by molar-refractivity contribution is 5.76. The molecule has 28 heavy (non-hydrogen) atoms. The van der Waals surface area contributed by atoms with Crippen molar-refractivity contribution < 1.29 is 27.4 Å². The SMILES string of the molecule is OC1(c2nnc(-c3ccccc3Nc3ccc(C(F)(F)F)cc3)o2)CCOC1. The maximum absolute atomic E-state index is 12.7. The number of nitrogens with one attached hydrogen (secondary N) is 1. The summed E-state index contributed by atoms with van der Waals surface area (Å²) in [6.07, 6.45) is -4.03. The van der Waals surface area contributed by atoms with Gasteiger partial charge in [0.1, 0.15) is 0 Å². The fraction of sp³-hybridized carbons (Fsp3) is 0.263. The summed E-state index contributed by atoms with van der Waals surface area (Å²) in [5.41, 5.74) is -0.417. The van der Waals surface area contributed by atoms with Gasteiger partial charge in [-0.1, -0.05) is 12.1 Å². The Balaban J connectivity index is 1.60. The van der Waals surface area contributed by atoms with Gasteiger partial charge in [-0.25, -0.2) is 0 Å². The van der Waals surface area contributed by atoms with Gasteiger partial charge in [0.2, 0.25) is 5.89 Å². The second-order valence-electron chi connectivity index (χ2n) is 6.49. The molecule has 1 fully saturated rings. The highest BCUT2D eigenvalue weighted by atomic mass is 19.4. The van der Waals surface area contributed by atoms with Crippen molar-refractivity contribution >= 4 is 11.4 Å². The summed E-state index contributed by atoms with van der Waals surface area (Å²) in [5.74, 6) is 0.259. The predicted molar refractivity (Wildman–Crippen MR) is 93.8 cm³/mol. The Morgan fingerprint density at radius 2 is 1.79 bits per heavy atom. The molecule has 4 rings (SSSR count). The van der Waals surface area contributed by atoms with E-state index in [9.17, 15) is 18.3 Å². The van der Waals surface area contributed by atoms with Gasteiger partial charge in [0.05, 0.1) is 30.0 Å². The molecule has 2 heterocycles. The molecule has 1 atom stereocenters. The molecule has 0 aliphatic carbocycles. The van der Waals surface area contributed by atoms with E-state index < -0.39 is 17.3 Å². The average molecular weight is 391 g/mol. The molecular formula is C19H16F3N3O3. The first kappa shape index (κ1) is 18.5. The number of hydrogen-bond donors (Lipinski definition) is 2. The fourth-order valence-corrected chi connectivity index (χ4v) is 2.92. The first-order valence-corrected chi connectivity index (χ1v) is 8.53. The van der Waals surface area contributed by atoms with Gasteiger partial charge in [0.25, 0.3) is 5.89 Å². The van der Waals surface area contributed by atoms with Crippen molar-refractivity contribution in [2.24, 2.45) is 0 Å². The molecule has 2 aromatic carbocycles. The van der Waals surface area contributed by atoms with Crippen LogP contribution in [0.2, 0.25) is 0 Å². The van der Waals surface area contributed by atoms with Gasteiger partial charge in [-0.15, -0.1) is 10.2 Å². The van der Waals surface area contributed by atoms with Gasteiger partial charge in [0.15, 0.2) is 5.60 Å². The van der Waals surface area contributed by atoms with Crippen molar-refractivity contribution in [1.29, 1.82) is 0 Å². The Morgan fingerprint density at radius 3 is 2.46 bits per heavy atom. The maximum Gasteiger partial charge on any atom is 0.416 e. The summed E-state index contributed by atoms with van der Waals surface area (Å²) < 4.78 is 49.0. The summed E-state index contributed by atoms with van der Waals surface area (Å²) in [5, 5.41) is 21.5. The van der Waals surface area contributed by atoms with E-state index in [1.165, 1.54) is 12.1 Å². The van der Waals surface area contributed by atoms with E-state index in [1.807, 2.05) is 0 Å². The minimum Gasteiger partial charge on any atom is -0.417 e. The van der Waals surface area contributed by atoms with Crippen molar-refractivity contribution in [2.75, 3.05) is 18.5 Å². The zero-order valence-electron chi connectivity index (χ0n) is 14.5. The van der Waals surface area contributed by atoms with Crippen molar-refractivity contribution in [3.05, 3.63) is 60.0 Å². The molecule has 0 spiro atoms. The minimum absolute atomic E-state index is 0.0735. The average Bonchev–Trinajstić information content (AvgIpc) is 3.32. The summed E-state index contributed by atoms with van der Waals surface area (Å²) in [7, 11) is 0. The van der Waals surface area contributed by atoms with Crippen molar-refractivity contribution in [3.8, 4) is 11.5 Å². The third kappa shape index (κ3) is 3.58. The monoisotopic (exact) mass is 391 g/mol. The standard InChI is InChI=1S/C19H16F3N3O3/c20-19(21,22)12-5-7-13(8-6-12)23-15-4-2-1-3-14(15)16-24-25-17(28-16)18(26)9-10-27-11-18/h1-8,23,26H,9-11H2. The van der Waals surface area contributed by atoms with E-state index in [2.05, 4.69) is 15.5 Å². The zero-order valence-corrected chi connectivity index (χ0v) is 14.5. The molecule has 1 saturated heterocycles. The molecule has 1 aliphatic rings. The van der Waals surface area contributed by atoms with Gasteiger partial charge < -0.3 is 19.6 Å². The smallest absolute Gasteiger partial charge is 0.416 e. The normalized spacial score (nSPS) is 19.7. The van der Waals surface area contributed by atoms with Crippen molar-refractivity contribution in [3.63, 3.8) is 0 Å². The number of aromatic nitrogens is 2. The van der Waals surface area contributed by atoms with E-state index in [1.54, 1.807) is 24.3 Å². The molecule has 0 amide bonds. The van der Waals surface area contributed by atoms with Gasteiger partial charge >= 0.3 is 6.18 Å². The Bertz CT molecular complexity index is 964. The molecule has 0 saturated carbocycles. The quantitative estimate of drug-likeness (QED) is 0.697. The van der Waals surface area contributed by atoms with E-state index >= 15 is 0 Å². The fourth-order valence-electron chi connectivity index (χ4n) is 2.92. The lowest BCUT2D eigenvalue weighted by Crippen LogP contribution is -2.26. The van der Waals surface area contributed by atoms with Crippen LogP contribution in [0.15, 0.2) is 52.9 Å². The number of nitrogens with zero attached hydrogens (tertiary/aromatic N) is 2. The van der Waals surface area contributed by atoms with Crippen LogP contribution in [0.5, 0.6) is 0 Å². The summed E-state index contributed by atoms with van der Waals surface area (Å²) in [6.45, 7) is 0.486. The molecule has 0 radical (unpaired) electrons. The largest absolute Gasteiger partial charge is 0.417 e. The van der Waals surface area contributed by atoms with E-state index in [4.69, 9.17) is 9.15 Å². The second-order valence-corrected chi connectivity index (χ2v) is 6.49. The Labute approximate surface area is 158 Å². The summed E-state index contributed by atoms with van der Waals surface area (Å²) in [6, 6.07) is 11.7. The van der Waals surface area contributed by atoms with Crippen molar-refractivity contribution in [2.45, 2.75) is 18.2 Å². The number of rotatable bonds is 4. The predicted octanol–water partition coefficient (Wildman–Crippen LogP) is 4.11. The maximum atomic E-state index is 12.7. The second kappa shape index (κ2) is 6.92.